The molecule has 0 bridgehead atoms. The monoisotopic (exact) mass is 292 g/mol. The SMILES string of the molecule is CCOC(=O)N1CCN(c2nccn(C3CC3)c2=O)CC1. The predicted octanol–water partition coefficient (Wildman–Crippen LogP) is 0.857. The van der Waals surface area contributed by atoms with Gasteiger partial charge >= 0.3 is 6.09 Å². The molecule has 2 heterocycles. The van der Waals surface area contributed by atoms with Crippen LogP contribution in [0.4, 0.5) is 10.6 Å². The fourth-order valence-corrected chi connectivity index (χ4v) is 2.59. The summed E-state index contributed by atoms with van der Waals surface area (Å²) < 4.78 is 6.77. The Balaban J connectivity index is 1.68. The van der Waals surface area contributed by atoms with Crippen molar-refractivity contribution in [1.82, 2.24) is 14.5 Å². The van der Waals surface area contributed by atoms with Crippen LogP contribution in [0.2, 0.25) is 0 Å². The van der Waals surface area contributed by atoms with E-state index in [0.717, 1.165) is 12.8 Å². The van der Waals surface area contributed by atoms with E-state index in [2.05, 4.69) is 4.98 Å². The molecule has 1 amide bonds. The first-order chi connectivity index (χ1) is 10.2. The number of piperazine rings is 1. The average molecular weight is 292 g/mol. The summed E-state index contributed by atoms with van der Waals surface area (Å²) in [5.41, 5.74) is -0.0235. The van der Waals surface area contributed by atoms with E-state index >= 15 is 0 Å². The molecule has 2 fully saturated rings. The Kier molecular flexibility index (Phi) is 3.81. The van der Waals surface area contributed by atoms with Crippen LogP contribution in [0.5, 0.6) is 0 Å². The zero-order valence-corrected chi connectivity index (χ0v) is 12.2. The number of carbonyl (C=O) groups is 1. The van der Waals surface area contributed by atoms with E-state index in [1.165, 1.54) is 0 Å². The fraction of sp³-hybridized carbons (Fsp3) is 0.643. The minimum Gasteiger partial charge on any atom is -0.450 e. The molecule has 1 aliphatic carbocycles. The van der Waals surface area contributed by atoms with Crippen LogP contribution >= 0.6 is 0 Å². The van der Waals surface area contributed by atoms with Gasteiger partial charge < -0.3 is 19.1 Å². The number of hydrogen-bond donors (Lipinski definition) is 0. The summed E-state index contributed by atoms with van der Waals surface area (Å²) in [5, 5.41) is 0. The summed E-state index contributed by atoms with van der Waals surface area (Å²) in [5.74, 6) is 0.493. The van der Waals surface area contributed by atoms with Crippen molar-refractivity contribution in [3.8, 4) is 0 Å². The molecule has 0 unspecified atom stereocenters. The van der Waals surface area contributed by atoms with Crippen molar-refractivity contribution in [2.24, 2.45) is 0 Å². The zero-order valence-electron chi connectivity index (χ0n) is 12.2. The highest BCUT2D eigenvalue weighted by Crippen LogP contribution is 2.33. The van der Waals surface area contributed by atoms with Gasteiger partial charge in [-0.05, 0) is 19.8 Å². The normalized spacial score (nSPS) is 18.7. The van der Waals surface area contributed by atoms with E-state index in [-0.39, 0.29) is 11.7 Å². The Hall–Kier alpha value is -2.05. The molecule has 1 aromatic heterocycles. The first-order valence-corrected chi connectivity index (χ1v) is 7.44. The van der Waals surface area contributed by atoms with Crippen molar-refractivity contribution in [2.75, 3.05) is 37.7 Å². The van der Waals surface area contributed by atoms with Crippen LogP contribution in [0, 0.1) is 0 Å². The fourth-order valence-electron chi connectivity index (χ4n) is 2.59. The number of amides is 1. The van der Waals surface area contributed by atoms with Crippen molar-refractivity contribution in [1.29, 1.82) is 0 Å². The molecule has 0 N–H and O–H groups in total. The number of rotatable bonds is 3. The number of anilines is 1. The molecule has 21 heavy (non-hydrogen) atoms. The van der Waals surface area contributed by atoms with Gasteiger partial charge in [-0.3, -0.25) is 4.79 Å². The summed E-state index contributed by atoms with van der Waals surface area (Å²) in [6.45, 7) is 4.50. The Morgan fingerprint density at radius 3 is 2.67 bits per heavy atom. The summed E-state index contributed by atoms with van der Waals surface area (Å²) >= 11 is 0. The molecule has 7 heteroatoms. The Morgan fingerprint density at radius 1 is 1.33 bits per heavy atom. The van der Waals surface area contributed by atoms with E-state index in [1.807, 2.05) is 4.90 Å². The zero-order chi connectivity index (χ0) is 14.8. The van der Waals surface area contributed by atoms with E-state index in [9.17, 15) is 9.59 Å². The summed E-state index contributed by atoms with van der Waals surface area (Å²) in [6, 6.07) is 0.347. The maximum atomic E-state index is 12.4. The Labute approximate surface area is 123 Å². The number of nitrogens with zero attached hydrogens (tertiary/aromatic N) is 4. The molecule has 7 nitrogen and oxygen atoms in total. The number of ether oxygens (including phenoxy) is 1. The van der Waals surface area contributed by atoms with Crippen LogP contribution in [-0.2, 0) is 4.74 Å². The van der Waals surface area contributed by atoms with Crippen LogP contribution < -0.4 is 10.5 Å². The minimum atomic E-state index is -0.284. The van der Waals surface area contributed by atoms with Gasteiger partial charge in [-0.25, -0.2) is 9.78 Å². The lowest BCUT2D eigenvalue weighted by molar-refractivity contribution is 0.105. The standard InChI is InChI=1S/C14H20N4O3/c1-2-21-14(20)17-9-7-16(8-10-17)12-13(19)18(6-5-15-12)11-3-4-11/h5-6,11H,2-4,7-10H2,1H3. The molecular formula is C14H20N4O3. The van der Waals surface area contributed by atoms with E-state index in [4.69, 9.17) is 4.74 Å². The van der Waals surface area contributed by atoms with Gasteiger partial charge in [0.15, 0.2) is 5.82 Å². The Bertz CT molecular complexity index is 574. The third-order valence-electron chi connectivity index (χ3n) is 3.90. The third kappa shape index (κ3) is 2.86. The summed E-state index contributed by atoms with van der Waals surface area (Å²) in [6.07, 6.45) is 5.30. The molecule has 1 aromatic rings. The number of aromatic nitrogens is 2. The van der Waals surface area contributed by atoms with Gasteiger partial charge in [0.25, 0.3) is 5.56 Å². The maximum absolute atomic E-state index is 12.4. The van der Waals surface area contributed by atoms with Crippen LogP contribution in [-0.4, -0.2) is 53.3 Å². The molecule has 0 atom stereocenters. The van der Waals surface area contributed by atoms with Gasteiger partial charge in [-0.1, -0.05) is 0 Å². The number of hydrogen-bond acceptors (Lipinski definition) is 5. The van der Waals surface area contributed by atoms with E-state index < -0.39 is 0 Å². The van der Waals surface area contributed by atoms with Crippen LogP contribution in [0.3, 0.4) is 0 Å². The molecule has 0 aromatic carbocycles. The smallest absolute Gasteiger partial charge is 0.409 e. The lowest BCUT2D eigenvalue weighted by Crippen LogP contribution is -2.50. The summed E-state index contributed by atoms with van der Waals surface area (Å²) in [7, 11) is 0. The minimum absolute atomic E-state index is 0.0235. The van der Waals surface area contributed by atoms with E-state index in [0.29, 0.717) is 44.6 Å². The predicted molar refractivity (Wildman–Crippen MR) is 77.6 cm³/mol. The molecular weight excluding hydrogens is 272 g/mol. The molecule has 1 saturated carbocycles. The van der Waals surface area contributed by atoms with Crippen molar-refractivity contribution >= 4 is 11.9 Å². The van der Waals surface area contributed by atoms with Gasteiger partial charge in [0, 0.05) is 44.6 Å². The molecule has 2 aliphatic rings. The lowest BCUT2D eigenvalue weighted by atomic mass is 10.3. The Morgan fingerprint density at radius 2 is 2.05 bits per heavy atom. The van der Waals surface area contributed by atoms with Crippen molar-refractivity contribution in [3.05, 3.63) is 22.7 Å². The molecule has 0 spiro atoms. The van der Waals surface area contributed by atoms with Crippen molar-refractivity contribution in [2.45, 2.75) is 25.8 Å². The molecule has 1 saturated heterocycles. The largest absolute Gasteiger partial charge is 0.450 e. The van der Waals surface area contributed by atoms with Crippen molar-refractivity contribution < 1.29 is 9.53 Å². The lowest BCUT2D eigenvalue weighted by Gasteiger charge is -2.34. The molecule has 1 aliphatic heterocycles. The first-order valence-electron chi connectivity index (χ1n) is 7.44. The second-order valence-corrected chi connectivity index (χ2v) is 5.37. The highest BCUT2D eigenvalue weighted by Gasteiger charge is 2.28. The van der Waals surface area contributed by atoms with Crippen LogP contribution in [0.15, 0.2) is 17.2 Å². The average Bonchev–Trinajstić information content (AvgIpc) is 3.33. The second-order valence-electron chi connectivity index (χ2n) is 5.37. The van der Waals surface area contributed by atoms with Crippen LogP contribution in [0.1, 0.15) is 25.8 Å². The number of carbonyl (C=O) groups excluding carboxylic acids is 1. The van der Waals surface area contributed by atoms with Gasteiger partial charge in [0.05, 0.1) is 6.61 Å². The van der Waals surface area contributed by atoms with Crippen molar-refractivity contribution in [3.63, 3.8) is 0 Å². The van der Waals surface area contributed by atoms with Gasteiger partial charge in [-0.2, -0.15) is 0 Å². The van der Waals surface area contributed by atoms with Gasteiger partial charge in [0.2, 0.25) is 0 Å². The highest BCUT2D eigenvalue weighted by molar-refractivity contribution is 5.68. The highest BCUT2D eigenvalue weighted by atomic mass is 16.6. The van der Waals surface area contributed by atoms with E-state index in [1.54, 1.807) is 28.8 Å². The van der Waals surface area contributed by atoms with Gasteiger partial charge in [-0.15, -0.1) is 0 Å². The summed E-state index contributed by atoms with van der Waals surface area (Å²) in [4.78, 5) is 31.9. The molecule has 114 valence electrons. The van der Waals surface area contributed by atoms with Gasteiger partial charge in [0.1, 0.15) is 0 Å². The van der Waals surface area contributed by atoms with Crippen LogP contribution in [0.25, 0.3) is 0 Å². The maximum Gasteiger partial charge on any atom is 0.409 e. The molecule has 3 rings (SSSR count). The first kappa shape index (κ1) is 13.9. The second kappa shape index (κ2) is 5.75. The topological polar surface area (TPSA) is 67.7 Å². The quantitative estimate of drug-likeness (QED) is 0.826. The third-order valence-corrected chi connectivity index (χ3v) is 3.90. The molecule has 0 radical (unpaired) electrons.